The lowest BCUT2D eigenvalue weighted by Gasteiger charge is -2.33. The highest BCUT2D eigenvalue weighted by molar-refractivity contribution is 7.91. The first-order valence-corrected chi connectivity index (χ1v) is 11.7. The Morgan fingerprint density at radius 1 is 1.14 bits per heavy atom. The van der Waals surface area contributed by atoms with Crippen LogP contribution < -0.4 is 4.74 Å². The van der Waals surface area contributed by atoms with E-state index in [1.165, 1.54) is 6.08 Å². The number of sulfone groups is 1. The first-order chi connectivity index (χ1) is 13.9. The highest BCUT2D eigenvalue weighted by atomic mass is 32.2. The zero-order chi connectivity index (χ0) is 20.9. The molecule has 8 heteroatoms. The van der Waals surface area contributed by atoms with Gasteiger partial charge in [-0.2, -0.15) is 0 Å². The average molecular weight is 422 g/mol. The van der Waals surface area contributed by atoms with E-state index in [-0.39, 0.29) is 36.1 Å². The maximum Gasteiger partial charge on any atom is 0.331 e. The van der Waals surface area contributed by atoms with E-state index in [0.717, 1.165) is 31.2 Å². The molecular formula is C21H27NO6S. The third-order valence-electron chi connectivity index (χ3n) is 5.48. The standard InChI is InChI=1S/C21H27NO6S/c1-27-19-9-5-2-6-16(19)10-11-21(24)28-14-20(23)22(17-7-3-4-8-17)18-12-13-29(25,26)15-18/h2,5-6,9-11,17-18H,3-4,7-8,12-15H2,1H3/b11-10+/t18-/m0/s1. The Hall–Kier alpha value is -2.35. The molecule has 1 aliphatic carbocycles. The van der Waals surface area contributed by atoms with E-state index in [9.17, 15) is 18.0 Å². The highest BCUT2D eigenvalue weighted by Gasteiger charge is 2.39. The van der Waals surface area contributed by atoms with E-state index >= 15 is 0 Å². The van der Waals surface area contributed by atoms with Crippen LogP contribution >= 0.6 is 0 Å². The van der Waals surface area contributed by atoms with Crippen LogP contribution in [0.2, 0.25) is 0 Å². The van der Waals surface area contributed by atoms with Gasteiger partial charge >= 0.3 is 5.97 Å². The summed E-state index contributed by atoms with van der Waals surface area (Å²) in [5.41, 5.74) is 0.724. The molecule has 2 fully saturated rings. The predicted octanol–water partition coefficient (Wildman–Crippen LogP) is 2.21. The van der Waals surface area contributed by atoms with E-state index < -0.39 is 15.8 Å². The Bertz CT molecular complexity index is 873. The smallest absolute Gasteiger partial charge is 0.331 e. The molecule has 0 radical (unpaired) electrons. The Morgan fingerprint density at radius 3 is 2.52 bits per heavy atom. The Morgan fingerprint density at radius 2 is 1.86 bits per heavy atom. The van der Waals surface area contributed by atoms with Gasteiger partial charge in [-0.15, -0.1) is 0 Å². The molecule has 1 aliphatic heterocycles. The lowest BCUT2D eigenvalue weighted by atomic mass is 10.1. The van der Waals surface area contributed by atoms with Crippen LogP contribution in [0.1, 0.15) is 37.7 Å². The van der Waals surface area contributed by atoms with Gasteiger partial charge < -0.3 is 14.4 Å². The number of rotatable bonds is 7. The van der Waals surface area contributed by atoms with Gasteiger partial charge in [-0.3, -0.25) is 4.79 Å². The van der Waals surface area contributed by atoms with Crippen LogP contribution in [0, 0.1) is 0 Å². The van der Waals surface area contributed by atoms with Crippen LogP contribution in [-0.4, -0.2) is 62.5 Å². The third kappa shape index (κ3) is 5.59. The first-order valence-electron chi connectivity index (χ1n) is 9.89. The summed E-state index contributed by atoms with van der Waals surface area (Å²) in [5.74, 6) is -0.220. The number of carbonyl (C=O) groups excluding carboxylic acids is 2. The Kier molecular flexibility index (Phi) is 6.95. The summed E-state index contributed by atoms with van der Waals surface area (Å²) < 4.78 is 34.1. The van der Waals surface area contributed by atoms with Crippen molar-refractivity contribution in [1.29, 1.82) is 0 Å². The summed E-state index contributed by atoms with van der Waals surface area (Å²) in [6.07, 6.45) is 7.06. The van der Waals surface area contributed by atoms with Crippen molar-refractivity contribution in [2.24, 2.45) is 0 Å². The molecule has 1 aromatic rings. The number of benzene rings is 1. The molecule has 1 saturated carbocycles. The Labute approximate surface area is 171 Å². The number of para-hydroxylation sites is 1. The second kappa shape index (κ2) is 9.43. The number of carbonyl (C=O) groups is 2. The van der Waals surface area contributed by atoms with Gasteiger partial charge in [0.25, 0.3) is 5.91 Å². The summed E-state index contributed by atoms with van der Waals surface area (Å²) in [4.78, 5) is 26.6. The molecule has 3 rings (SSSR count). The van der Waals surface area contributed by atoms with E-state index in [0.29, 0.717) is 12.2 Å². The normalized spacial score (nSPS) is 21.3. The molecule has 0 unspecified atom stereocenters. The van der Waals surface area contributed by atoms with Gasteiger partial charge in [-0.05, 0) is 31.4 Å². The topological polar surface area (TPSA) is 90.0 Å². The fraction of sp³-hybridized carbons (Fsp3) is 0.524. The van der Waals surface area contributed by atoms with Crippen molar-refractivity contribution in [1.82, 2.24) is 4.90 Å². The van der Waals surface area contributed by atoms with Crippen LogP contribution in [0.4, 0.5) is 0 Å². The van der Waals surface area contributed by atoms with Crippen molar-refractivity contribution >= 4 is 27.8 Å². The summed E-state index contributed by atoms with van der Waals surface area (Å²) in [7, 11) is -1.56. The van der Waals surface area contributed by atoms with Crippen LogP contribution in [-0.2, 0) is 24.2 Å². The van der Waals surface area contributed by atoms with Crippen molar-refractivity contribution in [2.75, 3.05) is 25.2 Å². The van der Waals surface area contributed by atoms with Crippen LogP contribution in [0.5, 0.6) is 5.75 Å². The minimum atomic E-state index is -3.11. The van der Waals surface area contributed by atoms with Crippen molar-refractivity contribution in [2.45, 2.75) is 44.2 Å². The van der Waals surface area contributed by atoms with E-state index in [1.807, 2.05) is 12.1 Å². The molecular weight excluding hydrogens is 394 g/mol. The molecule has 29 heavy (non-hydrogen) atoms. The van der Waals surface area contributed by atoms with Crippen LogP contribution in [0.15, 0.2) is 30.3 Å². The molecule has 0 aromatic heterocycles. The van der Waals surface area contributed by atoms with E-state index in [1.54, 1.807) is 30.2 Å². The number of ether oxygens (including phenoxy) is 2. The molecule has 0 bridgehead atoms. The molecule has 1 amide bonds. The van der Waals surface area contributed by atoms with Crippen molar-refractivity contribution in [3.05, 3.63) is 35.9 Å². The largest absolute Gasteiger partial charge is 0.496 e. The number of amides is 1. The maximum atomic E-state index is 12.8. The number of nitrogens with zero attached hydrogens (tertiary/aromatic N) is 1. The molecule has 158 valence electrons. The number of methoxy groups -OCH3 is 1. The molecule has 7 nitrogen and oxygen atoms in total. The summed E-state index contributed by atoms with van der Waals surface area (Å²) in [6, 6.07) is 6.95. The third-order valence-corrected chi connectivity index (χ3v) is 7.23. The molecule has 0 N–H and O–H groups in total. The van der Waals surface area contributed by atoms with E-state index in [4.69, 9.17) is 9.47 Å². The van der Waals surface area contributed by atoms with Gasteiger partial charge in [-0.25, -0.2) is 13.2 Å². The van der Waals surface area contributed by atoms with Crippen molar-refractivity contribution < 1.29 is 27.5 Å². The second-order valence-corrected chi connectivity index (χ2v) is 9.71. The summed E-state index contributed by atoms with van der Waals surface area (Å²) in [5, 5.41) is 0. The molecule has 2 aliphatic rings. The number of esters is 1. The van der Waals surface area contributed by atoms with Crippen LogP contribution in [0.3, 0.4) is 0 Å². The van der Waals surface area contributed by atoms with Gasteiger partial charge in [0.15, 0.2) is 16.4 Å². The number of hydrogen-bond acceptors (Lipinski definition) is 6. The maximum absolute atomic E-state index is 12.8. The quantitative estimate of drug-likeness (QED) is 0.495. The number of hydrogen-bond donors (Lipinski definition) is 0. The minimum Gasteiger partial charge on any atom is -0.496 e. The SMILES string of the molecule is COc1ccccc1/C=C/C(=O)OCC(=O)N(C1CCCC1)[C@H]1CCS(=O)(=O)C1. The van der Waals surface area contributed by atoms with Crippen molar-refractivity contribution in [3.63, 3.8) is 0 Å². The van der Waals surface area contributed by atoms with Gasteiger partial charge in [-0.1, -0.05) is 31.0 Å². The van der Waals surface area contributed by atoms with Gasteiger partial charge in [0.2, 0.25) is 0 Å². The lowest BCUT2D eigenvalue weighted by Crippen LogP contribution is -2.48. The fourth-order valence-corrected chi connectivity index (χ4v) is 5.81. The zero-order valence-corrected chi connectivity index (χ0v) is 17.4. The average Bonchev–Trinajstić information content (AvgIpc) is 3.35. The zero-order valence-electron chi connectivity index (χ0n) is 16.6. The molecule has 1 saturated heterocycles. The minimum absolute atomic E-state index is 0.00308. The predicted molar refractivity (Wildman–Crippen MR) is 109 cm³/mol. The van der Waals surface area contributed by atoms with Gasteiger partial charge in [0, 0.05) is 23.7 Å². The van der Waals surface area contributed by atoms with Crippen LogP contribution in [0.25, 0.3) is 6.08 Å². The molecule has 1 atom stereocenters. The van der Waals surface area contributed by atoms with Gasteiger partial charge in [0.1, 0.15) is 5.75 Å². The van der Waals surface area contributed by atoms with E-state index in [2.05, 4.69) is 0 Å². The monoisotopic (exact) mass is 421 g/mol. The molecule has 1 aromatic carbocycles. The summed E-state index contributed by atoms with van der Waals surface area (Å²) >= 11 is 0. The lowest BCUT2D eigenvalue weighted by molar-refractivity contribution is -0.150. The van der Waals surface area contributed by atoms with Gasteiger partial charge in [0.05, 0.1) is 18.6 Å². The van der Waals surface area contributed by atoms with Crippen molar-refractivity contribution in [3.8, 4) is 5.75 Å². The molecule has 1 heterocycles. The second-order valence-electron chi connectivity index (χ2n) is 7.48. The fourth-order valence-electron chi connectivity index (χ4n) is 4.10. The first kappa shape index (κ1) is 21.4. The summed E-state index contributed by atoms with van der Waals surface area (Å²) in [6.45, 7) is -0.387. The molecule has 0 spiro atoms. The Balaban J connectivity index is 1.60. The highest BCUT2D eigenvalue weighted by Crippen LogP contribution is 2.29.